The molecule has 3 aliphatic heterocycles. The lowest BCUT2D eigenvalue weighted by Gasteiger charge is -2.42. The monoisotopic (exact) mass is 547 g/mol. The van der Waals surface area contributed by atoms with Gasteiger partial charge in [0, 0.05) is 31.4 Å². The van der Waals surface area contributed by atoms with E-state index in [0.29, 0.717) is 32.6 Å². The lowest BCUT2D eigenvalue weighted by molar-refractivity contribution is -0.147. The highest BCUT2D eigenvalue weighted by Gasteiger charge is 2.77. The highest BCUT2D eigenvalue weighted by atomic mass is 32.2. The van der Waals surface area contributed by atoms with Crippen molar-refractivity contribution in [1.29, 1.82) is 0 Å². The smallest absolute Gasteiger partial charge is 0.247 e. The van der Waals surface area contributed by atoms with Crippen molar-refractivity contribution in [2.45, 2.75) is 88.8 Å². The molecule has 0 aliphatic carbocycles. The number of aliphatic hydroxyl groups excluding tert-OH is 1. The van der Waals surface area contributed by atoms with Gasteiger partial charge in [0.15, 0.2) is 0 Å². The van der Waals surface area contributed by atoms with E-state index in [9.17, 15) is 19.5 Å². The van der Waals surface area contributed by atoms with Crippen LogP contribution in [0.2, 0.25) is 0 Å². The number of rotatable bonds is 15. The van der Waals surface area contributed by atoms with Crippen molar-refractivity contribution in [3.8, 4) is 0 Å². The number of nitrogens with zero attached hydrogens (tertiary/aromatic N) is 3. The zero-order chi connectivity index (χ0) is 28.2. The number of hydrogen-bond donors (Lipinski definition) is 1. The maximum atomic E-state index is 14.5. The Morgan fingerprint density at radius 1 is 1.13 bits per heavy atom. The van der Waals surface area contributed by atoms with Gasteiger partial charge in [-0.15, -0.1) is 24.9 Å². The lowest BCUT2D eigenvalue weighted by Crippen LogP contribution is -2.59. The second-order valence-electron chi connectivity index (χ2n) is 11.8. The predicted molar refractivity (Wildman–Crippen MR) is 155 cm³/mol. The average molecular weight is 548 g/mol. The van der Waals surface area contributed by atoms with Gasteiger partial charge in [0.25, 0.3) is 0 Å². The molecule has 214 valence electrons. The molecule has 3 unspecified atom stereocenters. The molecule has 3 heterocycles. The number of hydrogen-bond acceptors (Lipinski definition) is 5. The Labute approximate surface area is 234 Å². The zero-order valence-electron chi connectivity index (χ0n) is 24.1. The van der Waals surface area contributed by atoms with Gasteiger partial charge in [-0.05, 0) is 37.5 Å². The fourth-order valence-corrected chi connectivity index (χ4v) is 9.53. The third kappa shape index (κ3) is 5.32. The van der Waals surface area contributed by atoms with Gasteiger partial charge in [0.1, 0.15) is 6.04 Å². The van der Waals surface area contributed by atoms with E-state index in [1.54, 1.807) is 28.8 Å². The topological polar surface area (TPSA) is 81.2 Å². The molecule has 7 nitrogen and oxygen atoms in total. The number of aliphatic hydroxyl groups is 1. The number of likely N-dealkylation sites (tertiary alicyclic amines) is 1. The lowest BCUT2D eigenvalue weighted by atomic mass is 9.65. The molecule has 0 aromatic carbocycles. The molecule has 2 bridgehead atoms. The predicted octanol–water partition coefficient (Wildman–Crippen LogP) is 3.97. The number of fused-ring (bicyclic) bond motifs is 1. The number of carbonyl (C=O) groups is 3. The summed E-state index contributed by atoms with van der Waals surface area (Å²) in [6.07, 6.45) is 7.54. The highest BCUT2D eigenvalue weighted by molar-refractivity contribution is 8.02. The first-order valence-electron chi connectivity index (χ1n) is 14.5. The van der Waals surface area contributed by atoms with Gasteiger partial charge >= 0.3 is 0 Å². The first kappa shape index (κ1) is 30.7. The second-order valence-corrected chi connectivity index (χ2v) is 13.3. The average Bonchev–Trinajstić information content (AvgIpc) is 3.47. The molecule has 8 heteroatoms. The second kappa shape index (κ2) is 13.0. The minimum absolute atomic E-state index is 0.00256. The van der Waals surface area contributed by atoms with Crippen LogP contribution in [0.15, 0.2) is 25.3 Å². The molecule has 7 atom stereocenters. The Hall–Kier alpha value is -1.80. The van der Waals surface area contributed by atoms with Gasteiger partial charge in [-0.2, -0.15) is 0 Å². The minimum Gasteiger partial charge on any atom is -0.394 e. The summed E-state index contributed by atoms with van der Waals surface area (Å²) in [4.78, 5) is 48.4. The third-order valence-electron chi connectivity index (χ3n) is 8.65. The van der Waals surface area contributed by atoms with E-state index in [4.69, 9.17) is 0 Å². The highest BCUT2D eigenvalue weighted by Crippen LogP contribution is 2.69. The van der Waals surface area contributed by atoms with E-state index in [1.165, 1.54) is 0 Å². The van der Waals surface area contributed by atoms with Crippen LogP contribution in [0.3, 0.4) is 0 Å². The fraction of sp³-hybridized carbons (Fsp3) is 0.767. The SMILES string of the molecule is C=CCN(CCCC)C(=O)C1N([C@@H](CO)CC(C)C)C(=O)[C@@H]2[C@H](C(=O)N(CC=C)CCC)[C@@H]3CC(C)C12S3. The molecule has 0 radical (unpaired) electrons. The Morgan fingerprint density at radius 3 is 2.29 bits per heavy atom. The van der Waals surface area contributed by atoms with Gasteiger partial charge in [-0.3, -0.25) is 14.4 Å². The summed E-state index contributed by atoms with van der Waals surface area (Å²) in [7, 11) is 0. The van der Waals surface area contributed by atoms with Crippen LogP contribution < -0.4 is 0 Å². The van der Waals surface area contributed by atoms with E-state index in [-0.39, 0.29) is 41.4 Å². The van der Waals surface area contributed by atoms with Crippen molar-refractivity contribution < 1.29 is 19.5 Å². The summed E-state index contributed by atoms with van der Waals surface area (Å²) in [6, 6.07) is -1.16. The fourth-order valence-electron chi connectivity index (χ4n) is 7.13. The molecular formula is C30H49N3O4S. The van der Waals surface area contributed by atoms with Crippen molar-refractivity contribution in [1.82, 2.24) is 14.7 Å². The molecule has 3 amide bonds. The van der Waals surface area contributed by atoms with Crippen molar-refractivity contribution in [3.05, 3.63) is 25.3 Å². The van der Waals surface area contributed by atoms with E-state index in [1.807, 2.05) is 16.7 Å². The number of thioether (sulfide) groups is 1. The molecule has 3 aliphatic rings. The van der Waals surface area contributed by atoms with Crippen LogP contribution in [0.5, 0.6) is 0 Å². The van der Waals surface area contributed by atoms with Crippen LogP contribution in [0, 0.1) is 23.7 Å². The van der Waals surface area contributed by atoms with Gasteiger partial charge in [0.05, 0.1) is 29.2 Å². The Kier molecular flexibility index (Phi) is 10.5. The molecule has 0 aromatic rings. The Balaban J connectivity index is 2.13. The maximum Gasteiger partial charge on any atom is 0.247 e. The largest absolute Gasteiger partial charge is 0.394 e. The summed E-state index contributed by atoms with van der Waals surface area (Å²) < 4.78 is -0.679. The molecular weight excluding hydrogens is 498 g/mol. The van der Waals surface area contributed by atoms with Crippen molar-refractivity contribution in [2.24, 2.45) is 23.7 Å². The van der Waals surface area contributed by atoms with Crippen molar-refractivity contribution in [2.75, 3.05) is 32.8 Å². The summed E-state index contributed by atoms with van der Waals surface area (Å²) in [5.74, 6) is -0.883. The van der Waals surface area contributed by atoms with Crippen LogP contribution in [-0.2, 0) is 14.4 Å². The van der Waals surface area contributed by atoms with E-state index in [2.05, 4.69) is 40.9 Å². The minimum atomic E-state index is -0.700. The van der Waals surface area contributed by atoms with Gasteiger partial charge in [0.2, 0.25) is 17.7 Å². The first-order chi connectivity index (χ1) is 18.1. The molecule has 1 N–H and O–H groups in total. The van der Waals surface area contributed by atoms with Crippen LogP contribution in [0.25, 0.3) is 0 Å². The van der Waals surface area contributed by atoms with Gasteiger partial charge < -0.3 is 19.8 Å². The summed E-state index contributed by atoms with van der Waals surface area (Å²) in [6.45, 7) is 20.0. The number of carbonyl (C=O) groups excluding carboxylic acids is 3. The van der Waals surface area contributed by atoms with Gasteiger partial charge in [-0.1, -0.05) is 53.2 Å². The molecule has 38 heavy (non-hydrogen) atoms. The molecule has 3 fully saturated rings. The summed E-state index contributed by atoms with van der Waals surface area (Å²) in [5, 5.41) is 10.5. The van der Waals surface area contributed by atoms with Gasteiger partial charge in [-0.25, -0.2) is 0 Å². The van der Waals surface area contributed by atoms with E-state index >= 15 is 0 Å². The molecule has 3 saturated heterocycles. The third-order valence-corrected chi connectivity index (χ3v) is 10.7. The van der Waals surface area contributed by atoms with Crippen molar-refractivity contribution in [3.63, 3.8) is 0 Å². The maximum absolute atomic E-state index is 14.5. The van der Waals surface area contributed by atoms with Crippen LogP contribution in [0.1, 0.15) is 66.7 Å². The number of amides is 3. The standard InChI is InChI=1S/C30H49N3O4S/c1-8-12-16-32(15-11-4)29(37)26-30-21(7)18-23(38-30)24(27(35)31(13-9-2)14-10-3)25(30)28(36)33(26)22(19-34)17-20(5)6/h9,11,20-26,34H,2,4,8,10,12-19H2,1,3,5-7H3/t21?,22-,23+,24-,25+,26?,30?/m1/s1. The number of unbranched alkanes of at least 4 members (excludes halogenated alkanes) is 1. The van der Waals surface area contributed by atoms with E-state index < -0.39 is 28.7 Å². The normalized spacial score (nSPS) is 30.4. The molecule has 0 saturated carbocycles. The van der Waals surface area contributed by atoms with Crippen LogP contribution in [-0.4, -0.2) is 92.4 Å². The van der Waals surface area contributed by atoms with E-state index in [0.717, 1.165) is 25.7 Å². The molecule has 3 rings (SSSR count). The summed E-state index contributed by atoms with van der Waals surface area (Å²) in [5.41, 5.74) is 0. The summed E-state index contributed by atoms with van der Waals surface area (Å²) >= 11 is 1.71. The molecule has 1 spiro atoms. The zero-order valence-corrected chi connectivity index (χ0v) is 24.9. The first-order valence-corrected chi connectivity index (χ1v) is 15.4. The Bertz CT molecular complexity index is 895. The van der Waals surface area contributed by atoms with Crippen LogP contribution >= 0.6 is 11.8 Å². The quantitative estimate of drug-likeness (QED) is 0.314. The molecule has 0 aromatic heterocycles. The Morgan fingerprint density at radius 2 is 1.76 bits per heavy atom. The van der Waals surface area contributed by atoms with Crippen LogP contribution in [0.4, 0.5) is 0 Å². The van der Waals surface area contributed by atoms with Crippen molar-refractivity contribution >= 4 is 29.5 Å².